The minimum Gasteiger partial charge on any atom is -0.392 e. The summed E-state index contributed by atoms with van der Waals surface area (Å²) in [6.45, 7) is 2.30. The number of benzene rings is 1. The summed E-state index contributed by atoms with van der Waals surface area (Å²) in [5.41, 5.74) is 11.1. The lowest BCUT2D eigenvalue weighted by atomic mass is 10.1. The third-order valence-electron chi connectivity index (χ3n) is 1.75. The highest BCUT2D eigenvalue weighted by molar-refractivity contribution is 5.17. The molecule has 0 heterocycles. The zero-order chi connectivity index (χ0) is 11.7. The van der Waals surface area contributed by atoms with Crippen molar-refractivity contribution in [2.45, 2.75) is 19.1 Å². The van der Waals surface area contributed by atoms with Crippen LogP contribution in [0.1, 0.15) is 18.6 Å². The molecule has 1 aromatic rings. The van der Waals surface area contributed by atoms with E-state index in [1.54, 1.807) is 6.92 Å². The summed E-state index contributed by atoms with van der Waals surface area (Å²) in [6.07, 6.45) is -0.851. The molecule has 0 bridgehead atoms. The maximum Gasteiger partial charge on any atom is 0.0912 e. The van der Waals surface area contributed by atoms with Crippen LogP contribution in [0.15, 0.2) is 30.3 Å². The number of hydrogen-bond donors (Lipinski definition) is 4. The molecule has 1 aromatic carbocycles. The summed E-state index contributed by atoms with van der Waals surface area (Å²) < 4.78 is 0. The Kier molecular flexibility index (Phi) is 7.85. The number of hydrogen-bond acceptors (Lipinski definition) is 4. The molecule has 0 saturated carbocycles. The van der Waals surface area contributed by atoms with Gasteiger partial charge in [0.2, 0.25) is 0 Å². The minimum absolute atomic E-state index is 0.282. The summed E-state index contributed by atoms with van der Waals surface area (Å²) in [7, 11) is 0. The molecule has 0 aliphatic heterocycles. The van der Waals surface area contributed by atoms with Crippen LogP contribution in [0.3, 0.4) is 0 Å². The average molecular weight is 212 g/mol. The standard InChI is InChI=1S/C8H11NO.C3H9NO/c9-6-8(10)7-4-2-1-3-5-7;1-3(5)2-4/h1-5,8,10H,6,9H2;3,5H,2,4H2,1H3. The first-order chi connectivity index (χ1) is 7.11. The topological polar surface area (TPSA) is 92.5 Å². The predicted octanol–water partition coefficient (Wildman–Crippen LogP) is 0.00460. The summed E-state index contributed by atoms with van der Waals surface area (Å²) in [4.78, 5) is 0. The fourth-order valence-corrected chi connectivity index (χ4v) is 0.811. The first-order valence-electron chi connectivity index (χ1n) is 4.93. The third-order valence-corrected chi connectivity index (χ3v) is 1.75. The fourth-order valence-electron chi connectivity index (χ4n) is 0.811. The van der Waals surface area contributed by atoms with Gasteiger partial charge >= 0.3 is 0 Å². The van der Waals surface area contributed by atoms with Gasteiger partial charge in [-0.05, 0) is 12.5 Å². The van der Waals surface area contributed by atoms with E-state index in [0.717, 1.165) is 5.56 Å². The van der Waals surface area contributed by atoms with E-state index in [1.165, 1.54) is 0 Å². The second-order valence-corrected chi connectivity index (χ2v) is 3.25. The number of nitrogens with two attached hydrogens (primary N) is 2. The van der Waals surface area contributed by atoms with E-state index in [0.29, 0.717) is 6.54 Å². The van der Waals surface area contributed by atoms with E-state index < -0.39 is 6.10 Å². The number of aliphatic hydroxyl groups excluding tert-OH is 2. The lowest BCUT2D eigenvalue weighted by Gasteiger charge is -2.05. The van der Waals surface area contributed by atoms with Gasteiger partial charge in [0.1, 0.15) is 0 Å². The van der Waals surface area contributed by atoms with Crippen molar-refractivity contribution < 1.29 is 10.2 Å². The van der Waals surface area contributed by atoms with Crippen LogP contribution < -0.4 is 11.5 Å². The largest absolute Gasteiger partial charge is 0.392 e. The molecule has 1 rings (SSSR count). The first kappa shape index (κ1) is 14.1. The van der Waals surface area contributed by atoms with Crippen LogP contribution in [0.25, 0.3) is 0 Å². The highest BCUT2D eigenvalue weighted by Crippen LogP contribution is 2.08. The third kappa shape index (κ3) is 7.04. The molecule has 0 spiro atoms. The highest BCUT2D eigenvalue weighted by Gasteiger charge is 2.01. The fraction of sp³-hybridized carbons (Fsp3) is 0.455. The van der Waals surface area contributed by atoms with Crippen molar-refractivity contribution >= 4 is 0 Å². The summed E-state index contributed by atoms with van der Waals surface area (Å²) in [5, 5.41) is 17.4. The lowest BCUT2D eigenvalue weighted by molar-refractivity contribution is 0.187. The van der Waals surface area contributed by atoms with Gasteiger partial charge in [-0.1, -0.05) is 30.3 Å². The van der Waals surface area contributed by atoms with Crippen molar-refractivity contribution in [1.29, 1.82) is 0 Å². The van der Waals surface area contributed by atoms with Gasteiger partial charge in [0.15, 0.2) is 0 Å². The molecule has 0 aromatic heterocycles. The molecule has 0 radical (unpaired) electrons. The van der Waals surface area contributed by atoms with Gasteiger partial charge in [0, 0.05) is 13.1 Å². The molecule has 0 saturated heterocycles. The van der Waals surface area contributed by atoms with Crippen molar-refractivity contribution in [2.75, 3.05) is 13.1 Å². The molecular formula is C11H20N2O2. The Hall–Kier alpha value is -0.940. The van der Waals surface area contributed by atoms with Gasteiger partial charge in [-0.25, -0.2) is 0 Å². The Morgan fingerprint density at radius 2 is 1.53 bits per heavy atom. The van der Waals surface area contributed by atoms with Crippen LogP contribution in [0.4, 0.5) is 0 Å². The Balaban J connectivity index is 0.000000336. The van der Waals surface area contributed by atoms with Crippen LogP contribution in [0, 0.1) is 0 Å². The zero-order valence-electron chi connectivity index (χ0n) is 9.00. The van der Waals surface area contributed by atoms with Gasteiger partial charge in [-0.15, -0.1) is 0 Å². The molecule has 0 fully saturated rings. The van der Waals surface area contributed by atoms with Gasteiger partial charge < -0.3 is 21.7 Å². The van der Waals surface area contributed by atoms with Crippen molar-refractivity contribution in [1.82, 2.24) is 0 Å². The van der Waals surface area contributed by atoms with Crippen LogP contribution in [-0.2, 0) is 0 Å². The normalized spacial score (nSPS) is 13.7. The SMILES string of the molecule is CC(O)CN.NCC(O)c1ccccc1. The van der Waals surface area contributed by atoms with Crippen molar-refractivity contribution in [2.24, 2.45) is 11.5 Å². The summed E-state index contributed by atoms with van der Waals surface area (Å²) in [5.74, 6) is 0. The Morgan fingerprint density at radius 3 is 1.87 bits per heavy atom. The van der Waals surface area contributed by atoms with E-state index in [1.807, 2.05) is 30.3 Å². The number of aliphatic hydroxyl groups is 2. The highest BCUT2D eigenvalue weighted by atomic mass is 16.3. The Labute approximate surface area is 90.5 Å². The summed E-state index contributed by atoms with van der Waals surface area (Å²) in [6, 6.07) is 9.39. The Morgan fingerprint density at radius 1 is 1.07 bits per heavy atom. The van der Waals surface area contributed by atoms with E-state index in [-0.39, 0.29) is 12.6 Å². The predicted molar refractivity (Wildman–Crippen MR) is 61.2 cm³/mol. The molecule has 0 aliphatic rings. The maximum atomic E-state index is 9.20. The average Bonchev–Trinajstić information content (AvgIpc) is 2.30. The zero-order valence-corrected chi connectivity index (χ0v) is 9.00. The van der Waals surface area contributed by atoms with Crippen LogP contribution in [-0.4, -0.2) is 29.4 Å². The van der Waals surface area contributed by atoms with E-state index in [9.17, 15) is 5.11 Å². The number of rotatable bonds is 3. The molecule has 4 nitrogen and oxygen atoms in total. The summed E-state index contributed by atoms with van der Waals surface area (Å²) >= 11 is 0. The van der Waals surface area contributed by atoms with Gasteiger partial charge in [0.05, 0.1) is 12.2 Å². The first-order valence-corrected chi connectivity index (χ1v) is 4.93. The monoisotopic (exact) mass is 212 g/mol. The molecular weight excluding hydrogens is 192 g/mol. The van der Waals surface area contributed by atoms with Crippen LogP contribution >= 0.6 is 0 Å². The van der Waals surface area contributed by atoms with Crippen LogP contribution in [0.2, 0.25) is 0 Å². The molecule has 6 N–H and O–H groups in total. The minimum atomic E-state index is -0.513. The van der Waals surface area contributed by atoms with E-state index in [2.05, 4.69) is 0 Å². The molecule has 2 atom stereocenters. The van der Waals surface area contributed by atoms with Crippen molar-refractivity contribution in [3.05, 3.63) is 35.9 Å². The molecule has 4 heteroatoms. The second-order valence-electron chi connectivity index (χ2n) is 3.25. The van der Waals surface area contributed by atoms with Gasteiger partial charge in [-0.2, -0.15) is 0 Å². The van der Waals surface area contributed by atoms with Gasteiger partial charge in [0.25, 0.3) is 0 Å². The maximum absolute atomic E-state index is 9.20. The van der Waals surface area contributed by atoms with E-state index in [4.69, 9.17) is 16.6 Å². The molecule has 86 valence electrons. The molecule has 2 unspecified atom stereocenters. The Bertz CT molecular complexity index is 240. The molecule has 0 amide bonds. The lowest BCUT2D eigenvalue weighted by Crippen LogP contribution is -2.14. The second kappa shape index (κ2) is 8.38. The quantitative estimate of drug-likeness (QED) is 0.567. The van der Waals surface area contributed by atoms with Crippen molar-refractivity contribution in [3.8, 4) is 0 Å². The molecule has 15 heavy (non-hydrogen) atoms. The smallest absolute Gasteiger partial charge is 0.0912 e. The van der Waals surface area contributed by atoms with E-state index >= 15 is 0 Å². The van der Waals surface area contributed by atoms with Crippen LogP contribution in [0.5, 0.6) is 0 Å². The van der Waals surface area contributed by atoms with Gasteiger partial charge in [-0.3, -0.25) is 0 Å². The molecule has 0 aliphatic carbocycles. The van der Waals surface area contributed by atoms with Crippen molar-refractivity contribution in [3.63, 3.8) is 0 Å².